The van der Waals surface area contributed by atoms with Crippen molar-refractivity contribution < 1.29 is 0 Å². The van der Waals surface area contributed by atoms with Crippen molar-refractivity contribution in [2.45, 2.75) is 71.1 Å². The third kappa shape index (κ3) is 3.31. The number of hydrogen-bond donors (Lipinski definition) is 0. The summed E-state index contributed by atoms with van der Waals surface area (Å²) in [5, 5.41) is 0. The first-order valence-electron chi connectivity index (χ1n) is 7.07. The SMILES string of the molecule is CC(C)(C)c1ccc2c(n1)CCCCCCC2. The van der Waals surface area contributed by atoms with Crippen molar-refractivity contribution in [3.8, 4) is 0 Å². The minimum absolute atomic E-state index is 0.174. The van der Waals surface area contributed by atoms with Gasteiger partial charge in [-0.3, -0.25) is 4.98 Å². The Labute approximate surface area is 106 Å². The van der Waals surface area contributed by atoms with Crippen LogP contribution in [0.1, 0.15) is 69.8 Å². The Balaban J connectivity index is 2.28. The third-order valence-electron chi connectivity index (χ3n) is 3.70. The Kier molecular flexibility index (Phi) is 3.86. The molecule has 0 aliphatic heterocycles. The van der Waals surface area contributed by atoms with Gasteiger partial charge in [-0.05, 0) is 37.3 Å². The molecule has 0 unspecified atom stereocenters. The molecule has 1 heteroatoms. The standard InChI is InChI=1S/C16H25N/c1-16(2,3)15-12-11-13-9-7-5-4-6-8-10-14(13)17-15/h11-12H,4-10H2,1-3H3. The second-order valence-electron chi connectivity index (χ2n) is 6.32. The summed E-state index contributed by atoms with van der Waals surface area (Å²) in [6.45, 7) is 6.74. The normalized spacial score (nSPS) is 17.8. The Morgan fingerprint density at radius 3 is 2.24 bits per heavy atom. The Bertz CT molecular complexity index is 374. The van der Waals surface area contributed by atoms with Crippen LogP contribution in [-0.2, 0) is 18.3 Å². The zero-order chi connectivity index (χ0) is 12.3. The van der Waals surface area contributed by atoms with E-state index in [0.29, 0.717) is 0 Å². The van der Waals surface area contributed by atoms with Gasteiger partial charge in [0.2, 0.25) is 0 Å². The molecular formula is C16H25N. The summed E-state index contributed by atoms with van der Waals surface area (Å²) in [6, 6.07) is 4.56. The van der Waals surface area contributed by atoms with Gasteiger partial charge in [-0.1, -0.05) is 46.1 Å². The third-order valence-corrected chi connectivity index (χ3v) is 3.70. The van der Waals surface area contributed by atoms with Crippen LogP contribution < -0.4 is 0 Å². The molecule has 0 aromatic carbocycles. The van der Waals surface area contributed by atoms with Gasteiger partial charge in [-0.15, -0.1) is 0 Å². The van der Waals surface area contributed by atoms with Crippen LogP contribution in [0.15, 0.2) is 12.1 Å². The molecular weight excluding hydrogens is 206 g/mol. The van der Waals surface area contributed by atoms with E-state index in [1.54, 1.807) is 0 Å². The summed E-state index contributed by atoms with van der Waals surface area (Å²) in [4.78, 5) is 4.93. The van der Waals surface area contributed by atoms with Crippen LogP contribution in [-0.4, -0.2) is 4.98 Å². The van der Waals surface area contributed by atoms with Gasteiger partial charge in [0.25, 0.3) is 0 Å². The zero-order valence-electron chi connectivity index (χ0n) is 11.6. The van der Waals surface area contributed by atoms with Crippen LogP contribution >= 0.6 is 0 Å². The van der Waals surface area contributed by atoms with Crippen LogP contribution in [0.25, 0.3) is 0 Å². The Morgan fingerprint density at radius 2 is 1.53 bits per heavy atom. The summed E-state index contributed by atoms with van der Waals surface area (Å²) in [6.07, 6.45) is 9.23. The molecule has 1 aliphatic carbocycles. The average molecular weight is 231 g/mol. The lowest BCUT2D eigenvalue weighted by molar-refractivity contribution is 0.563. The van der Waals surface area contributed by atoms with Crippen molar-refractivity contribution in [2.24, 2.45) is 0 Å². The topological polar surface area (TPSA) is 12.9 Å². The van der Waals surface area contributed by atoms with Gasteiger partial charge >= 0.3 is 0 Å². The van der Waals surface area contributed by atoms with Crippen molar-refractivity contribution in [3.05, 3.63) is 29.1 Å². The predicted molar refractivity (Wildman–Crippen MR) is 73.4 cm³/mol. The molecule has 0 saturated carbocycles. The van der Waals surface area contributed by atoms with Crippen molar-refractivity contribution in [1.82, 2.24) is 4.98 Å². The van der Waals surface area contributed by atoms with E-state index in [0.717, 1.165) is 0 Å². The molecule has 2 rings (SSSR count). The highest BCUT2D eigenvalue weighted by molar-refractivity contribution is 5.26. The second kappa shape index (κ2) is 5.20. The lowest BCUT2D eigenvalue weighted by Crippen LogP contribution is -2.15. The second-order valence-corrected chi connectivity index (χ2v) is 6.32. The minimum atomic E-state index is 0.174. The van der Waals surface area contributed by atoms with Gasteiger partial charge < -0.3 is 0 Å². The molecule has 1 heterocycles. The molecule has 1 aliphatic rings. The maximum absolute atomic E-state index is 4.93. The zero-order valence-corrected chi connectivity index (χ0v) is 11.6. The van der Waals surface area contributed by atoms with Crippen LogP contribution in [0.5, 0.6) is 0 Å². The van der Waals surface area contributed by atoms with Crippen LogP contribution in [0.4, 0.5) is 0 Å². The number of fused-ring (bicyclic) bond motifs is 1. The fourth-order valence-electron chi connectivity index (χ4n) is 2.53. The fraction of sp³-hybridized carbons (Fsp3) is 0.688. The van der Waals surface area contributed by atoms with Gasteiger partial charge in [0.15, 0.2) is 0 Å². The summed E-state index contributed by atoms with van der Waals surface area (Å²) < 4.78 is 0. The molecule has 0 N–H and O–H groups in total. The monoisotopic (exact) mass is 231 g/mol. The summed E-state index contributed by atoms with van der Waals surface area (Å²) in [5.74, 6) is 0. The largest absolute Gasteiger partial charge is 0.257 e. The fourth-order valence-corrected chi connectivity index (χ4v) is 2.53. The maximum atomic E-state index is 4.93. The quantitative estimate of drug-likeness (QED) is 0.643. The molecule has 0 bridgehead atoms. The molecule has 0 spiro atoms. The molecule has 1 aromatic rings. The van der Waals surface area contributed by atoms with E-state index < -0.39 is 0 Å². The first kappa shape index (κ1) is 12.6. The van der Waals surface area contributed by atoms with Gasteiger partial charge in [-0.2, -0.15) is 0 Å². The molecule has 0 radical (unpaired) electrons. The number of nitrogens with zero attached hydrogens (tertiary/aromatic N) is 1. The van der Waals surface area contributed by atoms with E-state index in [4.69, 9.17) is 4.98 Å². The highest BCUT2D eigenvalue weighted by Crippen LogP contribution is 2.24. The maximum Gasteiger partial charge on any atom is 0.0460 e. The summed E-state index contributed by atoms with van der Waals surface area (Å²) in [5.41, 5.74) is 4.29. The van der Waals surface area contributed by atoms with Crippen LogP contribution in [0, 0.1) is 0 Å². The molecule has 0 atom stereocenters. The molecule has 0 amide bonds. The van der Waals surface area contributed by atoms with Gasteiger partial charge in [0.1, 0.15) is 0 Å². The lowest BCUT2D eigenvalue weighted by Gasteiger charge is -2.20. The van der Waals surface area contributed by atoms with E-state index in [2.05, 4.69) is 32.9 Å². The van der Waals surface area contributed by atoms with E-state index in [9.17, 15) is 0 Å². The van der Waals surface area contributed by atoms with Crippen molar-refractivity contribution in [3.63, 3.8) is 0 Å². The number of aryl methyl sites for hydroxylation is 2. The molecule has 1 nitrogen and oxygen atoms in total. The van der Waals surface area contributed by atoms with Crippen molar-refractivity contribution in [1.29, 1.82) is 0 Å². The molecule has 1 aromatic heterocycles. The number of pyridine rings is 1. The van der Waals surface area contributed by atoms with E-state index in [1.165, 1.54) is 61.9 Å². The molecule has 0 fully saturated rings. The number of aromatic nitrogens is 1. The number of rotatable bonds is 0. The molecule has 94 valence electrons. The van der Waals surface area contributed by atoms with Gasteiger partial charge in [0, 0.05) is 16.8 Å². The molecule has 0 saturated heterocycles. The summed E-state index contributed by atoms with van der Waals surface area (Å²) >= 11 is 0. The average Bonchev–Trinajstić information content (AvgIpc) is 2.38. The van der Waals surface area contributed by atoms with Gasteiger partial charge in [-0.25, -0.2) is 0 Å². The van der Waals surface area contributed by atoms with Crippen molar-refractivity contribution in [2.75, 3.05) is 0 Å². The lowest BCUT2D eigenvalue weighted by atomic mass is 9.90. The smallest absolute Gasteiger partial charge is 0.0460 e. The highest BCUT2D eigenvalue weighted by Gasteiger charge is 2.17. The summed E-state index contributed by atoms with van der Waals surface area (Å²) in [7, 11) is 0. The predicted octanol–water partition coefficient (Wildman–Crippen LogP) is 4.43. The highest BCUT2D eigenvalue weighted by atomic mass is 14.7. The number of hydrogen-bond acceptors (Lipinski definition) is 1. The minimum Gasteiger partial charge on any atom is -0.257 e. The van der Waals surface area contributed by atoms with Crippen LogP contribution in [0.2, 0.25) is 0 Å². The van der Waals surface area contributed by atoms with Gasteiger partial charge in [0.05, 0.1) is 0 Å². The van der Waals surface area contributed by atoms with E-state index in [1.807, 2.05) is 0 Å². The van der Waals surface area contributed by atoms with E-state index >= 15 is 0 Å². The first-order chi connectivity index (χ1) is 8.07. The Hall–Kier alpha value is -0.850. The van der Waals surface area contributed by atoms with Crippen LogP contribution in [0.3, 0.4) is 0 Å². The Morgan fingerprint density at radius 1 is 0.882 bits per heavy atom. The van der Waals surface area contributed by atoms with E-state index in [-0.39, 0.29) is 5.41 Å². The molecule has 17 heavy (non-hydrogen) atoms. The first-order valence-corrected chi connectivity index (χ1v) is 7.07. The van der Waals surface area contributed by atoms with Crippen molar-refractivity contribution >= 4 is 0 Å².